The summed E-state index contributed by atoms with van der Waals surface area (Å²) >= 11 is 0. The highest BCUT2D eigenvalue weighted by atomic mass is 16.5. The number of fused-ring (bicyclic) bond motifs is 4. The highest BCUT2D eigenvalue weighted by Crippen LogP contribution is 2.64. The third kappa shape index (κ3) is 1.82. The van der Waals surface area contributed by atoms with Crippen LogP contribution < -0.4 is 0 Å². The maximum Gasteiger partial charge on any atom is 0.316 e. The molecule has 0 N–H and O–H groups in total. The first-order valence-corrected chi connectivity index (χ1v) is 9.12. The minimum atomic E-state index is -0.408. The zero-order valence-corrected chi connectivity index (χ0v) is 14.8. The second-order valence-corrected chi connectivity index (χ2v) is 9.33. The van der Waals surface area contributed by atoms with Gasteiger partial charge in [0, 0.05) is 17.8 Å². The molecule has 126 valence electrons. The van der Waals surface area contributed by atoms with Crippen molar-refractivity contribution in [3.05, 3.63) is 11.6 Å². The summed E-state index contributed by atoms with van der Waals surface area (Å²) in [6.45, 7) is 9.34. The Bertz CT molecular complexity index is 616. The monoisotopic (exact) mass is 316 g/mol. The molecular weight excluding hydrogens is 288 g/mol. The van der Waals surface area contributed by atoms with Crippen molar-refractivity contribution in [2.24, 2.45) is 34.0 Å². The maximum atomic E-state index is 12.5. The van der Waals surface area contributed by atoms with Gasteiger partial charge in [-0.1, -0.05) is 32.4 Å². The first-order valence-electron chi connectivity index (χ1n) is 9.12. The van der Waals surface area contributed by atoms with Gasteiger partial charge >= 0.3 is 5.97 Å². The van der Waals surface area contributed by atoms with E-state index in [1.165, 1.54) is 5.57 Å². The summed E-state index contributed by atoms with van der Waals surface area (Å²) in [7, 11) is 0. The lowest BCUT2D eigenvalue weighted by atomic mass is 9.44. The first kappa shape index (κ1) is 15.4. The third-order valence-electron chi connectivity index (χ3n) is 7.95. The molecule has 3 nitrogen and oxygen atoms in total. The normalized spacial score (nSPS) is 48.0. The maximum absolute atomic E-state index is 12.5. The molecule has 5 atom stereocenters. The summed E-state index contributed by atoms with van der Waals surface area (Å²) in [5.74, 6) is 1.68. The first-order chi connectivity index (χ1) is 10.7. The minimum Gasteiger partial charge on any atom is -0.465 e. The molecule has 0 aromatic rings. The molecular formula is C20H28O3. The quantitative estimate of drug-likeness (QED) is 0.502. The minimum absolute atomic E-state index is 0.0418. The topological polar surface area (TPSA) is 43.4 Å². The summed E-state index contributed by atoms with van der Waals surface area (Å²) in [5.41, 5.74) is 1.04. The lowest BCUT2D eigenvalue weighted by Gasteiger charge is -2.59. The molecule has 1 saturated heterocycles. The van der Waals surface area contributed by atoms with Gasteiger partial charge in [0.1, 0.15) is 5.78 Å². The molecule has 0 bridgehead atoms. The van der Waals surface area contributed by atoms with Crippen molar-refractivity contribution in [2.45, 2.75) is 59.8 Å². The Labute approximate surface area is 138 Å². The van der Waals surface area contributed by atoms with Crippen molar-refractivity contribution >= 4 is 11.8 Å². The van der Waals surface area contributed by atoms with E-state index in [0.717, 1.165) is 25.7 Å². The molecule has 0 aromatic carbocycles. The van der Waals surface area contributed by atoms with Crippen LogP contribution in [0.1, 0.15) is 59.8 Å². The van der Waals surface area contributed by atoms with Gasteiger partial charge in [0.2, 0.25) is 0 Å². The van der Waals surface area contributed by atoms with E-state index in [9.17, 15) is 9.59 Å². The molecule has 3 fully saturated rings. The van der Waals surface area contributed by atoms with Crippen LogP contribution in [0.5, 0.6) is 0 Å². The van der Waals surface area contributed by atoms with Crippen LogP contribution in [0.4, 0.5) is 0 Å². The molecule has 3 heteroatoms. The van der Waals surface area contributed by atoms with Crippen molar-refractivity contribution in [3.63, 3.8) is 0 Å². The van der Waals surface area contributed by atoms with E-state index >= 15 is 0 Å². The van der Waals surface area contributed by atoms with E-state index in [-0.39, 0.29) is 16.8 Å². The van der Waals surface area contributed by atoms with Crippen LogP contribution in [0, 0.1) is 34.0 Å². The number of esters is 1. The fraction of sp³-hybridized carbons (Fsp3) is 0.800. The zero-order valence-electron chi connectivity index (χ0n) is 14.8. The average molecular weight is 316 g/mol. The number of carbonyl (C=O) groups is 2. The Balaban J connectivity index is 1.75. The van der Waals surface area contributed by atoms with E-state index in [4.69, 9.17) is 4.74 Å². The summed E-state index contributed by atoms with van der Waals surface area (Å²) in [5, 5.41) is 0. The van der Waals surface area contributed by atoms with E-state index in [0.29, 0.717) is 36.6 Å². The predicted octanol–water partition coefficient (Wildman–Crippen LogP) is 3.92. The number of rotatable bonds is 0. The molecule has 0 aromatic heterocycles. The molecule has 0 radical (unpaired) electrons. The summed E-state index contributed by atoms with van der Waals surface area (Å²) in [6, 6.07) is 0. The standard InChI is InChI=1S/C20H28O3/c1-18(2)15-6-5-12-10-20(4)13(11-23-17(20)22)9-14(12)19(15,3)8-7-16(18)21/h10,13-15H,5-9,11H2,1-4H3. The van der Waals surface area contributed by atoms with Gasteiger partial charge in [-0.15, -0.1) is 0 Å². The number of ether oxygens (including phenoxy) is 1. The predicted molar refractivity (Wildman–Crippen MR) is 87.6 cm³/mol. The smallest absolute Gasteiger partial charge is 0.316 e. The van der Waals surface area contributed by atoms with Crippen molar-refractivity contribution < 1.29 is 14.3 Å². The lowest BCUT2D eigenvalue weighted by molar-refractivity contribution is -0.146. The van der Waals surface area contributed by atoms with Crippen LogP contribution in [0.15, 0.2) is 11.6 Å². The Morgan fingerprint density at radius 1 is 1.13 bits per heavy atom. The molecule has 3 aliphatic carbocycles. The Morgan fingerprint density at radius 2 is 1.87 bits per heavy atom. The van der Waals surface area contributed by atoms with Crippen LogP contribution in [-0.2, 0) is 14.3 Å². The summed E-state index contributed by atoms with van der Waals surface area (Å²) < 4.78 is 5.40. The van der Waals surface area contributed by atoms with Gasteiger partial charge in [-0.2, -0.15) is 0 Å². The summed E-state index contributed by atoms with van der Waals surface area (Å²) in [6.07, 6.45) is 7.13. The highest BCUT2D eigenvalue weighted by Gasteiger charge is 2.60. The van der Waals surface area contributed by atoms with E-state index in [2.05, 4.69) is 33.8 Å². The van der Waals surface area contributed by atoms with Crippen molar-refractivity contribution in [2.75, 3.05) is 6.61 Å². The van der Waals surface area contributed by atoms with Gasteiger partial charge < -0.3 is 4.74 Å². The van der Waals surface area contributed by atoms with Gasteiger partial charge in [-0.25, -0.2) is 0 Å². The number of hydrogen-bond acceptors (Lipinski definition) is 3. The van der Waals surface area contributed by atoms with E-state index < -0.39 is 5.41 Å². The van der Waals surface area contributed by atoms with Gasteiger partial charge in [-0.05, 0) is 49.9 Å². The van der Waals surface area contributed by atoms with Crippen LogP contribution in [0.25, 0.3) is 0 Å². The fourth-order valence-corrected chi connectivity index (χ4v) is 6.34. The number of ketones is 1. The number of carbonyl (C=O) groups excluding carboxylic acids is 2. The van der Waals surface area contributed by atoms with Crippen LogP contribution in [-0.4, -0.2) is 18.4 Å². The average Bonchev–Trinajstić information content (AvgIpc) is 2.77. The number of cyclic esters (lactones) is 1. The molecule has 23 heavy (non-hydrogen) atoms. The zero-order chi connectivity index (χ0) is 16.6. The molecule has 4 aliphatic rings. The number of hydrogen-bond donors (Lipinski definition) is 0. The van der Waals surface area contributed by atoms with Gasteiger partial charge in [0.15, 0.2) is 0 Å². The Morgan fingerprint density at radius 3 is 2.61 bits per heavy atom. The van der Waals surface area contributed by atoms with Crippen LogP contribution in [0.2, 0.25) is 0 Å². The van der Waals surface area contributed by atoms with Crippen molar-refractivity contribution in [3.8, 4) is 0 Å². The van der Waals surface area contributed by atoms with Crippen molar-refractivity contribution in [1.29, 1.82) is 0 Å². The second-order valence-electron chi connectivity index (χ2n) is 9.33. The van der Waals surface area contributed by atoms with Crippen LogP contribution >= 0.6 is 0 Å². The number of Topliss-reactive ketones (excluding diaryl/α,β-unsaturated/α-hetero) is 1. The highest BCUT2D eigenvalue weighted by molar-refractivity contribution is 5.85. The molecule has 4 rings (SSSR count). The van der Waals surface area contributed by atoms with Gasteiger partial charge in [-0.3, -0.25) is 9.59 Å². The molecule has 1 aliphatic heterocycles. The summed E-state index contributed by atoms with van der Waals surface area (Å²) in [4.78, 5) is 24.7. The molecule has 0 spiro atoms. The Hall–Kier alpha value is -1.12. The van der Waals surface area contributed by atoms with Gasteiger partial charge in [0.25, 0.3) is 0 Å². The molecule has 2 saturated carbocycles. The molecule has 1 heterocycles. The van der Waals surface area contributed by atoms with Crippen LogP contribution in [0.3, 0.4) is 0 Å². The molecule has 0 amide bonds. The van der Waals surface area contributed by atoms with Gasteiger partial charge in [0.05, 0.1) is 12.0 Å². The second kappa shape index (κ2) is 4.49. The van der Waals surface area contributed by atoms with Crippen molar-refractivity contribution in [1.82, 2.24) is 0 Å². The van der Waals surface area contributed by atoms with E-state index in [1.54, 1.807) is 0 Å². The lowest BCUT2D eigenvalue weighted by Crippen LogP contribution is -2.55. The SMILES string of the molecule is CC1(C)C(=O)CCC2(C)C3CC4COC(=O)C4(C)C=C3CCC12. The Kier molecular flexibility index (Phi) is 3.01. The fourth-order valence-electron chi connectivity index (χ4n) is 6.34. The third-order valence-corrected chi connectivity index (χ3v) is 7.95. The number of allylic oxidation sites excluding steroid dienone is 1. The van der Waals surface area contributed by atoms with E-state index in [1.807, 2.05) is 0 Å². The largest absolute Gasteiger partial charge is 0.465 e. The molecule has 5 unspecified atom stereocenters.